The van der Waals surface area contributed by atoms with Gasteiger partial charge in [0.15, 0.2) is 15.5 Å². The van der Waals surface area contributed by atoms with Gasteiger partial charge >= 0.3 is 0 Å². The van der Waals surface area contributed by atoms with E-state index in [0.29, 0.717) is 16.1 Å². The minimum Gasteiger partial charge on any atom is -0.451 e. The van der Waals surface area contributed by atoms with E-state index in [4.69, 9.17) is 4.42 Å². The van der Waals surface area contributed by atoms with Crippen LogP contribution in [0.15, 0.2) is 37.8 Å². The van der Waals surface area contributed by atoms with Crippen molar-refractivity contribution in [3.63, 3.8) is 0 Å². The summed E-state index contributed by atoms with van der Waals surface area (Å²) in [5.74, 6) is 0.412. The van der Waals surface area contributed by atoms with Crippen LogP contribution in [-0.4, -0.2) is 21.9 Å². The summed E-state index contributed by atoms with van der Waals surface area (Å²) in [7, 11) is 0. The monoisotopic (exact) mass is 375 g/mol. The summed E-state index contributed by atoms with van der Waals surface area (Å²) in [4.78, 5) is 24.5. The van der Waals surface area contributed by atoms with Gasteiger partial charge in [-0.25, -0.2) is 0 Å². The number of nitrogens with one attached hydrogen (secondary N) is 1. The van der Waals surface area contributed by atoms with Crippen molar-refractivity contribution < 1.29 is 9.21 Å². The number of carbonyl (C=O) groups is 1. The van der Waals surface area contributed by atoms with E-state index in [0.717, 1.165) is 28.5 Å². The van der Waals surface area contributed by atoms with E-state index in [1.807, 2.05) is 13.0 Å². The first-order chi connectivity index (χ1) is 12.1. The van der Waals surface area contributed by atoms with E-state index in [2.05, 4.69) is 22.4 Å². The number of benzene rings is 1. The Kier molecular flexibility index (Phi) is 5.50. The van der Waals surface area contributed by atoms with Crippen LogP contribution < -0.4 is 10.7 Å². The maximum absolute atomic E-state index is 12.3. The van der Waals surface area contributed by atoms with E-state index in [9.17, 15) is 9.59 Å². The predicted molar refractivity (Wildman–Crippen MR) is 101 cm³/mol. The molecule has 1 aromatic carbocycles. The molecule has 0 aliphatic carbocycles. The zero-order valence-electron chi connectivity index (χ0n) is 13.9. The third kappa shape index (κ3) is 4.26. The number of hydrogen-bond acceptors (Lipinski definition) is 7. The Hall–Kier alpha value is -2.19. The number of rotatable bonds is 6. The van der Waals surface area contributed by atoms with Crippen molar-refractivity contribution in [3.8, 4) is 0 Å². The molecule has 2 heterocycles. The molecular formula is C17H17N3O3S2. The Labute approximate surface area is 152 Å². The van der Waals surface area contributed by atoms with Crippen LogP contribution in [-0.2, 0) is 0 Å². The van der Waals surface area contributed by atoms with Crippen molar-refractivity contribution in [2.24, 2.45) is 0 Å². The van der Waals surface area contributed by atoms with Crippen LogP contribution >= 0.6 is 23.1 Å². The van der Waals surface area contributed by atoms with Gasteiger partial charge < -0.3 is 4.42 Å². The van der Waals surface area contributed by atoms with Crippen LogP contribution in [0.3, 0.4) is 0 Å². The Bertz CT molecular complexity index is 965. The number of nitrogens with zero attached hydrogens (tertiary/aromatic N) is 2. The van der Waals surface area contributed by atoms with Gasteiger partial charge in [0.2, 0.25) is 5.13 Å². The van der Waals surface area contributed by atoms with Gasteiger partial charge in [-0.1, -0.05) is 48.1 Å². The van der Waals surface area contributed by atoms with Gasteiger partial charge in [0.25, 0.3) is 5.91 Å². The molecule has 6 nitrogen and oxygen atoms in total. The molecule has 130 valence electrons. The lowest BCUT2D eigenvalue weighted by Gasteiger charge is -2.03. The molecule has 1 amide bonds. The maximum Gasteiger partial charge on any atom is 0.293 e. The Morgan fingerprint density at radius 2 is 2.16 bits per heavy atom. The summed E-state index contributed by atoms with van der Waals surface area (Å²) < 4.78 is 6.36. The average Bonchev–Trinajstić information content (AvgIpc) is 3.03. The fourth-order valence-electron chi connectivity index (χ4n) is 2.16. The van der Waals surface area contributed by atoms with Crippen molar-refractivity contribution in [3.05, 3.63) is 45.8 Å². The molecule has 1 N–H and O–H groups in total. The number of fused-ring (bicyclic) bond motifs is 1. The molecule has 0 saturated heterocycles. The molecule has 0 bridgehead atoms. The lowest BCUT2D eigenvalue weighted by Crippen LogP contribution is -2.14. The molecule has 0 atom stereocenters. The summed E-state index contributed by atoms with van der Waals surface area (Å²) in [6.07, 6.45) is 2.23. The Balaban J connectivity index is 1.76. The number of unbranched alkanes of at least 4 members (excludes halogenated alkanes) is 1. The SMILES string of the molecule is CCCCSc1nnc(NC(=O)c2cc(=O)c3cc(C)ccc3o2)s1. The van der Waals surface area contributed by atoms with Crippen LogP contribution in [0.1, 0.15) is 35.9 Å². The normalized spacial score (nSPS) is 11.0. The third-order valence-corrected chi connectivity index (χ3v) is 5.52. The van der Waals surface area contributed by atoms with Crippen molar-refractivity contribution in [2.45, 2.75) is 31.0 Å². The third-order valence-electron chi connectivity index (χ3n) is 3.46. The summed E-state index contributed by atoms with van der Waals surface area (Å²) in [6.45, 7) is 4.02. The Morgan fingerprint density at radius 1 is 1.32 bits per heavy atom. The molecule has 3 aromatic rings. The number of hydrogen-bond donors (Lipinski definition) is 1. The second-order valence-electron chi connectivity index (χ2n) is 5.50. The maximum atomic E-state index is 12.3. The van der Waals surface area contributed by atoms with Crippen LogP contribution in [0.5, 0.6) is 0 Å². The van der Waals surface area contributed by atoms with E-state index in [-0.39, 0.29) is 11.2 Å². The minimum absolute atomic E-state index is 0.0447. The van der Waals surface area contributed by atoms with Crippen LogP contribution in [0.4, 0.5) is 5.13 Å². The summed E-state index contributed by atoms with van der Waals surface area (Å²) in [5.41, 5.74) is 1.10. The minimum atomic E-state index is -0.513. The first-order valence-corrected chi connectivity index (χ1v) is 9.69. The van der Waals surface area contributed by atoms with Crippen LogP contribution in [0.2, 0.25) is 0 Å². The van der Waals surface area contributed by atoms with E-state index in [1.165, 1.54) is 17.4 Å². The topological polar surface area (TPSA) is 85.1 Å². The van der Waals surface area contributed by atoms with Crippen molar-refractivity contribution >= 4 is 45.1 Å². The highest BCUT2D eigenvalue weighted by Gasteiger charge is 2.15. The van der Waals surface area contributed by atoms with Gasteiger partial charge in [-0.15, -0.1) is 10.2 Å². The lowest BCUT2D eigenvalue weighted by atomic mass is 10.1. The molecule has 8 heteroatoms. The highest BCUT2D eigenvalue weighted by Crippen LogP contribution is 2.26. The zero-order chi connectivity index (χ0) is 17.8. The summed E-state index contributed by atoms with van der Waals surface area (Å²) >= 11 is 2.92. The zero-order valence-corrected chi connectivity index (χ0v) is 15.5. The number of thioether (sulfide) groups is 1. The first-order valence-electron chi connectivity index (χ1n) is 7.89. The molecule has 0 aliphatic rings. The summed E-state index contributed by atoms with van der Waals surface area (Å²) in [5, 5.41) is 11.5. The van der Waals surface area contributed by atoms with Crippen LogP contribution in [0.25, 0.3) is 11.0 Å². The molecule has 25 heavy (non-hydrogen) atoms. The van der Waals surface area contributed by atoms with Gasteiger partial charge in [0.1, 0.15) is 5.58 Å². The number of amides is 1. The Morgan fingerprint density at radius 3 is 2.96 bits per heavy atom. The fraction of sp³-hybridized carbons (Fsp3) is 0.294. The van der Waals surface area contributed by atoms with E-state index in [1.54, 1.807) is 23.9 Å². The second kappa shape index (κ2) is 7.79. The van der Waals surface area contributed by atoms with Gasteiger partial charge in [0.05, 0.1) is 5.39 Å². The molecule has 3 rings (SSSR count). The number of anilines is 1. The summed E-state index contributed by atoms with van der Waals surface area (Å²) in [6, 6.07) is 6.47. The van der Waals surface area contributed by atoms with E-state index < -0.39 is 5.91 Å². The molecule has 0 aliphatic heterocycles. The van der Waals surface area contributed by atoms with Gasteiger partial charge in [-0.05, 0) is 25.5 Å². The molecule has 0 spiro atoms. The van der Waals surface area contributed by atoms with Gasteiger partial charge in [-0.3, -0.25) is 14.9 Å². The number of aryl methyl sites for hydroxylation is 1. The van der Waals surface area contributed by atoms with Gasteiger partial charge in [-0.2, -0.15) is 0 Å². The smallest absolute Gasteiger partial charge is 0.293 e. The fourth-order valence-corrected chi connectivity index (χ4v) is 4.06. The second-order valence-corrected chi connectivity index (χ2v) is 7.82. The molecule has 0 fully saturated rings. The van der Waals surface area contributed by atoms with E-state index >= 15 is 0 Å². The largest absolute Gasteiger partial charge is 0.451 e. The van der Waals surface area contributed by atoms with Crippen molar-refractivity contribution in [1.29, 1.82) is 0 Å². The number of carbonyl (C=O) groups excluding carboxylic acids is 1. The first kappa shape index (κ1) is 17.6. The molecule has 2 aromatic heterocycles. The molecular weight excluding hydrogens is 358 g/mol. The standard InChI is InChI=1S/C17H17N3O3S2/c1-3-4-7-24-17-20-19-16(25-17)18-15(22)14-9-12(21)11-8-10(2)5-6-13(11)23-14/h5-6,8-9H,3-4,7H2,1-2H3,(H,18,19,22). The van der Waals surface area contributed by atoms with Crippen molar-refractivity contribution in [1.82, 2.24) is 10.2 Å². The highest BCUT2D eigenvalue weighted by atomic mass is 32.2. The quantitative estimate of drug-likeness (QED) is 0.397. The number of aromatic nitrogens is 2. The van der Waals surface area contributed by atoms with Gasteiger partial charge in [0, 0.05) is 11.8 Å². The van der Waals surface area contributed by atoms with Crippen LogP contribution in [0, 0.1) is 6.92 Å². The molecule has 0 saturated carbocycles. The highest BCUT2D eigenvalue weighted by molar-refractivity contribution is 8.01. The molecule has 0 radical (unpaired) electrons. The van der Waals surface area contributed by atoms with Crippen molar-refractivity contribution in [2.75, 3.05) is 11.1 Å². The lowest BCUT2D eigenvalue weighted by molar-refractivity contribution is 0.0997. The average molecular weight is 375 g/mol. The predicted octanol–water partition coefficient (Wildman–Crippen LogP) is 4.10. The molecule has 0 unspecified atom stereocenters.